The quantitative estimate of drug-likeness (QED) is 0.239. The Morgan fingerprint density at radius 1 is 0.932 bits per heavy atom. The molecule has 1 saturated heterocycles. The first-order valence-corrected chi connectivity index (χ1v) is 16.1. The average Bonchev–Trinajstić information content (AvgIpc) is 3.37. The lowest BCUT2D eigenvalue weighted by Crippen LogP contribution is -2.51. The fraction of sp³-hybridized carbons (Fsp3) is 0.333. The van der Waals surface area contributed by atoms with Gasteiger partial charge in [0, 0.05) is 63.5 Å². The molecule has 5 rings (SSSR count). The predicted molar refractivity (Wildman–Crippen MR) is 171 cm³/mol. The summed E-state index contributed by atoms with van der Waals surface area (Å²) in [6, 6.07) is 21.9. The van der Waals surface area contributed by atoms with E-state index in [1.54, 1.807) is 45.0 Å². The van der Waals surface area contributed by atoms with Crippen LogP contribution in [0, 0.1) is 6.92 Å². The fourth-order valence-electron chi connectivity index (χ4n) is 5.41. The van der Waals surface area contributed by atoms with E-state index in [9.17, 15) is 18.0 Å². The molecule has 0 spiro atoms. The summed E-state index contributed by atoms with van der Waals surface area (Å²) >= 11 is 0. The zero-order chi connectivity index (χ0) is 31.4. The number of sulfonamides is 1. The van der Waals surface area contributed by atoms with E-state index < -0.39 is 16.0 Å². The predicted octanol–water partition coefficient (Wildman–Crippen LogP) is 5.16. The van der Waals surface area contributed by atoms with Crippen LogP contribution in [0.1, 0.15) is 28.6 Å². The number of amides is 2. The van der Waals surface area contributed by atoms with Gasteiger partial charge in [-0.15, -0.1) is 0 Å². The van der Waals surface area contributed by atoms with E-state index in [0.29, 0.717) is 54.8 Å². The molecule has 0 saturated carbocycles. The maximum absolute atomic E-state index is 14.2. The highest BCUT2D eigenvalue weighted by molar-refractivity contribution is 7.92. The van der Waals surface area contributed by atoms with E-state index in [1.807, 2.05) is 59.5 Å². The van der Waals surface area contributed by atoms with E-state index in [0.717, 1.165) is 11.3 Å². The molecule has 1 aliphatic rings. The fourth-order valence-corrected chi connectivity index (χ4v) is 6.90. The second-order valence-electron chi connectivity index (χ2n) is 10.9. The van der Waals surface area contributed by atoms with E-state index in [2.05, 4.69) is 4.90 Å². The lowest BCUT2D eigenvalue weighted by Gasteiger charge is -2.37. The van der Waals surface area contributed by atoms with E-state index in [-0.39, 0.29) is 29.8 Å². The Kier molecular flexibility index (Phi) is 9.14. The van der Waals surface area contributed by atoms with E-state index in [1.165, 1.54) is 10.4 Å². The molecule has 4 aromatic rings. The van der Waals surface area contributed by atoms with Gasteiger partial charge in [-0.05, 0) is 68.3 Å². The third kappa shape index (κ3) is 6.37. The topological polar surface area (TPSA) is 104 Å². The molecule has 0 bridgehead atoms. The summed E-state index contributed by atoms with van der Waals surface area (Å²) in [6.45, 7) is 6.47. The molecular weight excluding hydrogens is 580 g/mol. The molecule has 232 valence electrons. The molecule has 1 fully saturated rings. The van der Waals surface area contributed by atoms with Crippen molar-refractivity contribution in [2.45, 2.75) is 25.2 Å². The van der Waals surface area contributed by atoms with Crippen LogP contribution in [0.25, 0.3) is 11.0 Å². The van der Waals surface area contributed by atoms with Crippen molar-refractivity contribution in [2.75, 3.05) is 62.6 Å². The number of nitrogens with zero attached hydrogens (tertiary/aromatic N) is 4. The minimum atomic E-state index is -4.00. The van der Waals surface area contributed by atoms with Crippen molar-refractivity contribution in [3.8, 4) is 0 Å². The van der Waals surface area contributed by atoms with Crippen LogP contribution < -0.4 is 9.21 Å². The van der Waals surface area contributed by atoms with Crippen molar-refractivity contribution >= 4 is 44.4 Å². The molecule has 0 radical (unpaired) electrons. The summed E-state index contributed by atoms with van der Waals surface area (Å²) < 4.78 is 40.7. The van der Waals surface area contributed by atoms with Gasteiger partial charge in [0.05, 0.1) is 17.2 Å². The molecule has 10 nitrogen and oxygen atoms in total. The Morgan fingerprint density at radius 2 is 1.61 bits per heavy atom. The molecular formula is C33H38N4O6S. The lowest BCUT2D eigenvalue weighted by atomic mass is 10.1. The standard InChI is InChI=1S/C33H38N4O6S/c1-5-42-32(38)31-24(2)29-23-28(15-16-30(29)43-31)44(40,41)37(18-17-25-9-7-6-8-10-25)27-13-11-26(12-14-27)35-19-21-36(22-20-35)33(39)34(3)4/h6-16,23H,5,17-22H2,1-4H3. The van der Waals surface area contributed by atoms with Crippen LogP contribution in [-0.4, -0.2) is 83.6 Å². The largest absolute Gasteiger partial charge is 0.460 e. The van der Waals surface area contributed by atoms with Crippen molar-refractivity contribution < 1.29 is 27.2 Å². The highest BCUT2D eigenvalue weighted by atomic mass is 32.2. The van der Waals surface area contributed by atoms with Gasteiger partial charge in [0.25, 0.3) is 10.0 Å². The summed E-state index contributed by atoms with van der Waals surface area (Å²) in [5.41, 5.74) is 3.48. The second-order valence-corrected chi connectivity index (χ2v) is 12.8. The Labute approximate surface area is 258 Å². The van der Waals surface area contributed by atoms with Gasteiger partial charge in [-0.3, -0.25) is 4.31 Å². The molecule has 11 heteroatoms. The molecule has 0 atom stereocenters. The van der Waals surface area contributed by atoms with Gasteiger partial charge in [0.15, 0.2) is 0 Å². The summed E-state index contributed by atoms with van der Waals surface area (Å²) in [4.78, 5) is 30.4. The van der Waals surface area contributed by atoms with Crippen LogP contribution in [0.5, 0.6) is 0 Å². The molecule has 44 heavy (non-hydrogen) atoms. The maximum Gasteiger partial charge on any atom is 0.374 e. The number of carbonyl (C=O) groups excluding carboxylic acids is 2. The third-order valence-corrected chi connectivity index (χ3v) is 9.66. The Morgan fingerprint density at radius 3 is 2.25 bits per heavy atom. The number of fused-ring (bicyclic) bond motifs is 1. The van der Waals surface area contributed by atoms with Crippen LogP contribution in [0.3, 0.4) is 0 Å². The summed E-state index contributed by atoms with van der Waals surface area (Å²) in [7, 11) is -0.503. The van der Waals surface area contributed by atoms with Gasteiger partial charge in [0.1, 0.15) is 5.58 Å². The normalized spacial score (nSPS) is 13.6. The molecule has 2 amide bonds. The summed E-state index contributed by atoms with van der Waals surface area (Å²) in [5.74, 6) is -0.513. The number of esters is 1. The Balaban J connectivity index is 1.43. The number of ether oxygens (including phenoxy) is 1. The number of urea groups is 1. The highest BCUT2D eigenvalue weighted by Crippen LogP contribution is 2.32. The Hall–Kier alpha value is -4.51. The number of carbonyl (C=O) groups is 2. The second kappa shape index (κ2) is 13.0. The van der Waals surface area contributed by atoms with Gasteiger partial charge >= 0.3 is 12.0 Å². The minimum absolute atomic E-state index is 0.000167. The minimum Gasteiger partial charge on any atom is -0.460 e. The number of furan rings is 1. The lowest BCUT2D eigenvalue weighted by molar-refractivity contribution is 0.0491. The highest BCUT2D eigenvalue weighted by Gasteiger charge is 2.28. The molecule has 0 unspecified atom stereocenters. The van der Waals surface area contributed by atoms with Crippen molar-refractivity contribution in [1.29, 1.82) is 0 Å². The number of aryl methyl sites for hydroxylation is 1. The molecule has 2 heterocycles. The number of piperazine rings is 1. The molecule has 0 aliphatic carbocycles. The third-order valence-electron chi connectivity index (χ3n) is 7.84. The molecule has 1 aromatic heterocycles. The van der Waals surface area contributed by atoms with E-state index >= 15 is 0 Å². The number of benzene rings is 3. The van der Waals surface area contributed by atoms with Crippen molar-refractivity contribution in [3.63, 3.8) is 0 Å². The summed E-state index contributed by atoms with van der Waals surface area (Å²) in [5, 5.41) is 0.541. The van der Waals surface area contributed by atoms with Gasteiger partial charge in [-0.1, -0.05) is 30.3 Å². The van der Waals surface area contributed by atoms with Gasteiger partial charge < -0.3 is 23.9 Å². The van der Waals surface area contributed by atoms with Crippen molar-refractivity contribution in [2.24, 2.45) is 0 Å². The van der Waals surface area contributed by atoms with Gasteiger partial charge in [0.2, 0.25) is 5.76 Å². The molecule has 1 aliphatic heterocycles. The van der Waals surface area contributed by atoms with Crippen molar-refractivity contribution in [3.05, 3.63) is 89.7 Å². The van der Waals surface area contributed by atoms with Crippen molar-refractivity contribution in [1.82, 2.24) is 9.80 Å². The van der Waals surface area contributed by atoms with Crippen LogP contribution in [0.4, 0.5) is 16.2 Å². The number of rotatable bonds is 9. The SMILES string of the molecule is CCOC(=O)c1oc2ccc(S(=O)(=O)N(CCc3ccccc3)c3ccc(N4CCN(C(=O)N(C)C)CC4)cc3)cc2c1C. The number of anilines is 2. The van der Waals surface area contributed by atoms with Gasteiger partial charge in [-0.25, -0.2) is 18.0 Å². The molecule has 3 aromatic carbocycles. The van der Waals surface area contributed by atoms with Crippen LogP contribution in [0.2, 0.25) is 0 Å². The first-order chi connectivity index (χ1) is 21.1. The Bertz CT molecular complexity index is 1730. The van der Waals surface area contributed by atoms with Crippen LogP contribution >= 0.6 is 0 Å². The monoisotopic (exact) mass is 618 g/mol. The number of hydrogen-bond acceptors (Lipinski definition) is 7. The maximum atomic E-state index is 14.2. The molecule has 0 N–H and O–H groups in total. The smallest absolute Gasteiger partial charge is 0.374 e. The zero-order valence-corrected chi connectivity index (χ0v) is 26.3. The van der Waals surface area contributed by atoms with Crippen LogP contribution in [-0.2, 0) is 21.2 Å². The first-order valence-electron chi connectivity index (χ1n) is 14.7. The number of hydrogen-bond donors (Lipinski definition) is 0. The van der Waals surface area contributed by atoms with E-state index in [4.69, 9.17) is 9.15 Å². The average molecular weight is 619 g/mol. The first kappa shape index (κ1) is 30.9. The zero-order valence-electron chi connectivity index (χ0n) is 25.5. The van der Waals surface area contributed by atoms with Gasteiger partial charge in [-0.2, -0.15) is 0 Å². The summed E-state index contributed by atoms with van der Waals surface area (Å²) in [6.07, 6.45) is 0.518. The van der Waals surface area contributed by atoms with Crippen LogP contribution in [0.15, 0.2) is 82.1 Å².